The topological polar surface area (TPSA) is 58.6 Å². The minimum atomic E-state index is -0.371. The number of carbonyl (C=O) groups is 2. The normalized spacial score (nSPS) is 16.2. The Hall–Kier alpha value is -2.89. The molecule has 6 heteroatoms. The van der Waals surface area contributed by atoms with E-state index in [1.165, 1.54) is 6.07 Å². The van der Waals surface area contributed by atoms with Crippen molar-refractivity contribution in [3.8, 4) is 5.75 Å². The molecule has 3 rings (SSSR count). The van der Waals surface area contributed by atoms with Crippen molar-refractivity contribution in [3.05, 3.63) is 65.0 Å². The van der Waals surface area contributed by atoms with Crippen LogP contribution >= 0.6 is 0 Å². The maximum absolute atomic E-state index is 13.8. The number of likely N-dealkylation sites (tertiary alicyclic amines) is 1. The third-order valence-corrected chi connectivity index (χ3v) is 5.04. The van der Waals surface area contributed by atoms with Gasteiger partial charge in [0, 0.05) is 23.7 Å². The van der Waals surface area contributed by atoms with Gasteiger partial charge in [-0.3, -0.25) is 9.59 Å². The van der Waals surface area contributed by atoms with E-state index in [9.17, 15) is 14.0 Å². The monoisotopic (exact) mass is 398 g/mol. The van der Waals surface area contributed by atoms with Crippen molar-refractivity contribution < 1.29 is 18.7 Å². The molecule has 0 bridgehead atoms. The summed E-state index contributed by atoms with van der Waals surface area (Å²) in [5.41, 5.74) is 1.46. The van der Waals surface area contributed by atoms with Crippen molar-refractivity contribution in [3.63, 3.8) is 0 Å². The molecule has 2 aromatic rings. The molecule has 2 amide bonds. The van der Waals surface area contributed by atoms with E-state index in [0.29, 0.717) is 35.6 Å². The van der Waals surface area contributed by atoms with Gasteiger partial charge in [-0.2, -0.15) is 0 Å². The lowest BCUT2D eigenvalue weighted by Gasteiger charge is -2.25. The van der Waals surface area contributed by atoms with Crippen LogP contribution in [0.2, 0.25) is 0 Å². The molecule has 0 aromatic heterocycles. The average Bonchev–Trinajstić information content (AvgIpc) is 3.16. The fraction of sp³-hybridized carbons (Fsp3) is 0.391. The number of hydrogen-bond acceptors (Lipinski definition) is 3. The Morgan fingerprint density at radius 1 is 1.17 bits per heavy atom. The zero-order chi connectivity index (χ0) is 21.0. The van der Waals surface area contributed by atoms with Crippen LogP contribution in [-0.4, -0.2) is 41.9 Å². The van der Waals surface area contributed by atoms with Gasteiger partial charge < -0.3 is 15.0 Å². The maximum Gasteiger partial charge on any atom is 0.254 e. The summed E-state index contributed by atoms with van der Waals surface area (Å²) in [6.07, 6.45) is 1.73. The van der Waals surface area contributed by atoms with Gasteiger partial charge in [-0.15, -0.1) is 0 Å². The van der Waals surface area contributed by atoms with E-state index in [2.05, 4.69) is 5.32 Å². The quantitative estimate of drug-likeness (QED) is 0.801. The van der Waals surface area contributed by atoms with Gasteiger partial charge in [-0.1, -0.05) is 6.07 Å². The average molecular weight is 398 g/mol. The molecule has 0 radical (unpaired) electrons. The third kappa shape index (κ3) is 5.13. The summed E-state index contributed by atoms with van der Waals surface area (Å²) < 4.78 is 19.7. The molecular formula is C23H27FN2O3. The molecule has 0 unspecified atom stereocenters. The SMILES string of the molecule is Cc1ccc(C(=O)N2CCC[C@@H]2COc2ccc(C(=O)NC(C)C)cc2)cc1F. The number of halogens is 1. The lowest BCUT2D eigenvalue weighted by molar-refractivity contribution is 0.0690. The first kappa shape index (κ1) is 20.8. The van der Waals surface area contributed by atoms with Gasteiger partial charge in [0.05, 0.1) is 6.04 Å². The highest BCUT2D eigenvalue weighted by molar-refractivity contribution is 5.95. The van der Waals surface area contributed by atoms with E-state index in [-0.39, 0.29) is 29.7 Å². The lowest BCUT2D eigenvalue weighted by atomic mass is 10.1. The second-order valence-corrected chi connectivity index (χ2v) is 7.72. The van der Waals surface area contributed by atoms with Gasteiger partial charge in [0.1, 0.15) is 18.2 Å². The van der Waals surface area contributed by atoms with Gasteiger partial charge in [-0.05, 0) is 75.6 Å². The first-order chi connectivity index (χ1) is 13.8. The van der Waals surface area contributed by atoms with Gasteiger partial charge >= 0.3 is 0 Å². The summed E-state index contributed by atoms with van der Waals surface area (Å²) in [5.74, 6) is -0.0173. The van der Waals surface area contributed by atoms with Crippen LogP contribution in [0, 0.1) is 12.7 Å². The van der Waals surface area contributed by atoms with E-state index < -0.39 is 0 Å². The van der Waals surface area contributed by atoms with Crippen molar-refractivity contribution in [2.75, 3.05) is 13.2 Å². The molecule has 1 saturated heterocycles. The summed E-state index contributed by atoms with van der Waals surface area (Å²) in [7, 11) is 0. The second-order valence-electron chi connectivity index (χ2n) is 7.72. The van der Waals surface area contributed by atoms with Gasteiger partial charge in [0.15, 0.2) is 0 Å². The van der Waals surface area contributed by atoms with E-state index in [4.69, 9.17) is 4.74 Å². The van der Waals surface area contributed by atoms with E-state index in [1.54, 1.807) is 48.2 Å². The predicted molar refractivity (Wildman–Crippen MR) is 110 cm³/mol. The highest BCUT2D eigenvalue weighted by Crippen LogP contribution is 2.23. The van der Waals surface area contributed by atoms with Crippen LogP contribution in [0.25, 0.3) is 0 Å². The standard InChI is InChI=1S/C23H27FN2O3/c1-15(2)25-22(27)17-8-10-20(11-9-17)29-14-19-5-4-12-26(19)23(28)18-7-6-16(3)21(24)13-18/h6-11,13,15,19H,4-5,12,14H2,1-3H3,(H,25,27)/t19-/m1/s1. The van der Waals surface area contributed by atoms with Gasteiger partial charge in [-0.25, -0.2) is 4.39 Å². The summed E-state index contributed by atoms with van der Waals surface area (Å²) in [5, 5.41) is 2.85. The van der Waals surface area contributed by atoms with Crippen LogP contribution in [0.1, 0.15) is 53.0 Å². The molecule has 5 nitrogen and oxygen atoms in total. The lowest BCUT2D eigenvalue weighted by Crippen LogP contribution is -2.39. The van der Waals surface area contributed by atoms with Crippen LogP contribution in [0.3, 0.4) is 0 Å². The smallest absolute Gasteiger partial charge is 0.254 e. The van der Waals surface area contributed by atoms with Crippen molar-refractivity contribution in [1.29, 1.82) is 0 Å². The van der Waals surface area contributed by atoms with Crippen molar-refractivity contribution in [1.82, 2.24) is 10.2 Å². The summed E-state index contributed by atoms with van der Waals surface area (Å²) in [4.78, 5) is 26.6. The highest BCUT2D eigenvalue weighted by Gasteiger charge is 2.30. The highest BCUT2D eigenvalue weighted by atomic mass is 19.1. The van der Waals surface area contributed by atoms with E-state index >= 15 is 0 Å². The number of benzene rings is 2. The van der Waals surface area contributed by atoms with Crippen LogP contribution in [0.15, 0.2) is 42.5 Å². The fourth-order valence-electron chi connectivity index (χ4n) is 3.41. The first-order valence-corrected chi connectivity index (χ1v) is 9.96. The Kier molecular flexibility index (Phi) is 6.52. The molecule has 1 atom stereocenters. The second kappa shape index (κ2) is 9.07. The molecule has 29 heavy (non-hydrogen) atoms. The number of amides is 2. The number of rotatable bonds is 6. The molecule has 0 aliphatic carbocycles. The largest absolute Gasteiger partial charge is 0.491 e. The van der Waals surface area contributed by atoms with Crippen molar-refractivity contribution in [2.45, 2.75) is 45.7 Å². The fourth-order valence-corrected chi connectivity index (χ4v) is 3.41. The van der Waals surface area contributed by atoms with Gasteiger partial charge in [0.2, 0.25) is 0 Å². The minimum Gasteiger partial charge on any atom is -0.491 e. The number of ether oxygens (including phenoxy) is 1. The molecule has 0 spiro atoms. The molecule has 1 aliphatic rings. The van der Waals surface area contributed by atoms with Crippen LogP contribution in [-0.2, 0) is 0 Å². The molecule has 1 aliphatic heterocycles. The summed E-state index contributed by atoms with van der Waals surface area (Å²) in [6.45, 7) is 6.49. The van der Waals surface area contributed by atoms with Crippen LogP contribution in [0.4, 0.5) is 4.39 Å². The first-order valence-electron chi connectivity index (χ1n) is 9.96. The third-order valence-electron chi connectivity index (χ3n) is 5.04. The number of carbonyl (C=O) groups excluding carboxylic acids is 2. The zero-order valence-corrected chi connectivity index (χ0v) is 17.1. The number of aryl methyl sites for hydroxylation is 1. The van der Waals surface area contributed by atoms with Crippen LogP contribution in [0.5, 0.6) is 5.75 Å². The molecule has 0 saturated carbocycles. The summed E-state index contributed by atoms with van der Waals surface area (Å²) in [6, 6.07) is 11.6. The van der Waals surface area contributed by atoms with E-state index in [0.717, 1.165) is 12.8 Å². The molecular weight excluding hydrogens is 371 g/mol. The maximum atomic E-state index is 13.8. The van der Waals surface area contributed by atoms with E-state index in [1.807, 2.05) is 13.8 Å². The molecule has 1 N–H and O–H groups in total. The number of nitrogens with one attached hydrogen (secondary N) is 1. The Balaban J connectivity index is 1.60. The Bertz CT molecular complexity index is 880. The predicted octanol–water partition coefficient (Wildman–Crippen LogP) is 3.96. The van der Waals surface area contributed by atoms with Gasteiger partial charge in [0.25, 0.3) is 11.8 Å². The van der Waals surface area contributed by atoms with Crippen molar-refractivity contribution in [2.24, 2.45) is 0 Å². The Morgan fingerprint density at radius 3 is 2.52 bits per heavy atom. The Morgan fingerprint density at radius 2 is 1.86 bits per heavy atom. The van der Waals surface area contributed by atoms with Crippen molar-refractivity contribution >= 4 is 11.8 Å². The number of hydrogen-bond donors (Lipinski definition) is 1. The zero-order valence-electron chi connectivity index (χ0n) is 17.1. The molecule has 1 heterocycles. The number of nitrogens with zero attached hydrogens (tertiary/aromatic N) is 1. The molecule has 2 aromatic carbocycles. The summed E-state index contributed by atoms with van der Waals surface area (Å²) >= 11 is 0. The molecule has 1 fully saturated rings. The molecule has 154 valence electrons. The van der Waals surface area contributed by atoms with Crippen LogP contribution < -0.4 is 10.1 Å². The minimum absolute atomic E-state index is 0.0595. The Labute approximate surface area is 170 Å².